The number of hydrogen-bond acceptors (Lipinski definition) is 6. The van der Waals surface area contributed by atoms with E-state index in [0.29, 0.717) is 30.3 Å². The fourth-order valence-corrected chi connectivity index (χ4v) is 3.23. The van der Waals surface area contributed by atoms with E-state index in [4.69, 9.17) is 0 Å². The molecule has 124 valence electrons. The Balaban J connectivity index is 1.85. The summed E-state index contributed by atoms with van der Waals surface area (Å²) in [7, 11) is 0. The number of nitrogens with one attached hydrogen (secondary N) is 2. The van der Waals surface area contributed by atoms with Crippen LogP contribution in [0.4, 0.5) is 15.9 Å². The molecule has 0 spiro atoms. The van der Waals surface area contributed by atoms with Crippen LogP contribution >= 0.6 is 0 Å². The number of phenols is 1. The molecule has 0 radical (unpaired) electrons. The number of amides is 1. The number of halogens is 1. The molecule has 24 heavy (non-hydrogen) atoms. The first kappa shape index (κ1) is 14.8. The Hall–Kier alpha value is -2.74. The lowest BCUT2D eigenvalue weighted by Crippen LogP contribution is -2.67. The molecule has 2 aromatic rings. The average molecular weight is 329 g/mol. The number of fused-ring (bicyclic) bond motifs is 3. The molecule has 1 unspecified atom stereocenters. The normalized spacial score (nSPS) is 22.6. The van der Waals surface area contributed by atoms with Gasteiger partial charge in [0.1, 0.15) is 5.54 Å². The number of carbonyl (C=O) groups is 1. The van der Waals surface area contributed by atoms with Gasteiger partial charge in [-0.15, -0.1) is 10.2 Å². The fraction of sp³-hybridized carbons (Fsp3) is 0.312. The molecule has 4 rings (SSSR count). The molecule has 0 aliphatic carbocycles. The van der Waals surface area contributed by atoms with Gasteiger partial charge in [0, 0.05) is 25.2 Å². The van der Waals surface area contributed by atoms with Crippen molar-refractivity contribution in [3.8, 4) is 17.0 Å². The molecule has 2 aliphatic heterocycles. The predicted octanol–water partition coefficient (Wildman–Crippen LogP) is 1.11. The van der Waals surface area contributed by atoms with Crippen LogP contribution in [0.5, 0.6) is 5.75 Å². The average Bonchev–Trinajstić information content (AvgIpc) is 2.58. The Labute approximate surface area is 137 Å². The third-order valence-electron chi connectivity index (χ3n) is 4.63. The van der Waals surface area contributed by atoms with Gasteiger partial charge < -0.3 is 20.6 Å². The van der Waals surface area contributed by atoms with E-state index in [0.717, 1.165) is 6.54 Å². The van der Waals surface area contributed by atoms with Gasteiger partial charge in [-0.2, -0.15) is 0 Å². The lowest BCUT2D eigenvalue weighted by molar-refractivity contribution is -0.121. The highest BCUT2D eigenvalue weighted by Crippen LogP contribution is 2.39. The third-order valence-corrected chi connectivity index (χ3v) is 4.63. The number of benzene rings is 1. The van der Waals surface area contributed by atoms with Crippen LogP contribution in [0.3, 0.4) is 0 Å². The predicted molar refractivity (Wildman–Crippen MR) is 86.3 cm³/mol. The molecule has 3 heterocycles. The summed E-state index contributed by atoms with van der Waals surface area (Å²) in [6, 6.07) is 5.98. The number of aromatic nitrogens is 2. The van der Waals surface area contributed by atoms with Crippen LogP contribution in [0.1, 0.15) is 6.92 Å². The summed E-state index contributed by atoms with van der Waals surface area (Å²) in [5, 5.41) is 24.0. The second kappa shape index (κ2) is 5.13. The Bertz CT molecular complexity index is 843. The topological polar surface area (TPSA) is 90.4 Å². The Morgan fingerprint density at radius 2 is 2.21 bits per heavy atom. The molecule has 7 nitrogen and oxygen atoms in total. The van der Waals surface area contributed by atoms with E-state index in [9.17, 15) is 14.3 Å². The van der Waals surface area contributed by atoms with Crippen molar-refractivity contribution in [3.05, 3.63) is 30.1 Å². The van der Waals surface area contributed by atoms with E-state index < -0.39 is 17.1 Å². The van der Waals surface area contributed by atoms with Crippen molar-refractivity contribution in [1.29, 1.82) is 0 Å². The Morgan fingerprint density at radius 1 is 1.38 bits per heavy atom. The molecular formula is C16H16FN5O2. The van der Waals surface area contributed by atoms with Gasteiger partial charge in [0.15, 0.2) is 17.4 Å². The van der Waals surface area contributed by atoms with Gasteiger partial charge in [0.25, 0.3) is 5.91 Å². The highest BCUT2D eigenvalue weighted by atomic mass is 19.1. The smallest absolute Gasteiger partial charge is 0.252 e. The first-order valence-electron chi connectivity index (χ1n) is 7.66. The molecule has 3 N–H and O–H groups in total. The van der Waals surface area contributed by atoms with Crippen molar-refractivity contribution in [2.24, 2.45) is 0 Å². The molecule has 0 bridgehead atoms. The lowest BCUT2D eigenvalue weighted by Gasteiger charge is -2.48. The van der Waals surface area contributed by atoms with Gasteiger partial charge in [-0.3, -0.25) is 4.79 Å². The van der Waals surface area contributed by atoms with E-state index in [-0.39, 0.29) is 11.5 Å². The van der Waals surface area contributed by atoms with Gasteiger partial charge in [-0.1, -0.05) is 6.07 Å². The second-order valence-corrected chi connectivity index (χ2v) is 6.16. The monoisotopic (exact) mass is 329 g/mol. The van der Waals surface area contributed by atoms with Gasteiger partial charge >= 0.3 is 0 Å². The number of nitrogens with zero attached hydrogens (tertiary/aromatic N) is 3. The number of phenolic OH excluding ortho intramolecular Hbond substituents is 1. The molecule has 1 aromatic heterocycles. The van der Waals surface area contributed by atoms with Gasteiger partial charge in [0.05, 0.1) is 11.4 Å². The summed E-state index contributed by atoms with van der Waals surface area (Å²) in [5.74, 6) is -0.945. The quantitative estimate of drug-likeness (QED) is 0.726. The maximum atomic E-state index is 13.6. The van der Waals surface area contributed by atoms with E-state index in [1.54, 1.807) is 12.1 Å². The number of carbonyl (C=O) groups excluding carboxylic acids is 1. The van der Waals surface area contributed by atoms with E-state index in [1.807, 2.05) is 11.8 Å². The Kier molecular flexibility index (Phi) is 3.17. The van der Waals surface area contributed by atoms with E-state index >= 15 is 0 Å². The molecule has 1 aromatic carbocycles. The van der Waals surface area contributed by atoms with Gasteiger partial charge in [0.2, 0.25) is 0 Å². The van der Waals surface area contributed by atoms with Crippen molar-refractivity contribution in [2.75, 3.05) is 29.9 Å². The zero-order chi connectivity index (χ0) is 16.9. The van der Waals surface area contributed by atoms with Crippen LogP contribution in [-0.4, -0.2) is 46.4 Å². The van der Waals surface area contributed by atoms with Crippen molar-refractivity contribution in [2.45, 2.75) is 12.5 Å². The summed E-state index contributed by atoms with van der Waals surface area (Å²) < 4.78 is 13.6. The highest BCUT2D eigenvalue weighted by molar-refractivity contribution is 6.06. The number of rotatable bonds is 1. The first-order chi connectivity index (χ1) is 11.5. The third kappa shape index (κ3) is 2.03. The molecular weight excluding hydrogens is 313 g/mol. The lowest BCUT2D eigenvalue weighted by atomic mass is 9.92. The van der Waals surface area contributed by atoms with Crippen molar-refractivity contribution in [1.82, 2.24) is 15.5 Å². The number of anilines is 2. The Morgan fingerprint density at radius 3 is 3.04 bits per heavy atom. The fourth-order valence-electron chi connectivity index (χ4n) is 3.23. The second-order valence-electron chi connectivity index (χ2n) is 6.16. The minimum atomic E-state index is -0.727. The van der Waals surface area contributed by atoms with Gasteiger partial charge in [-0.25, -0.2) is 4.39 Å². The molecule has 2 aliphatic rings. The molecule has 1 fully saturated rings. The van der Waals surface area contributed by atoms with Crippen LogP contribution < -0.4 is 15.5 Å². The van der Waals surface area contributed by atoms with Crippen LogP contribution in [0.25, 0.3) is 11.3 Å². The van der Waals surface area contributed by atoms with E-state index in [1.165, 1.54) is 12.1 Å². The maximum Gasteiger partial charge on any atom is 0.252 e. The largest absolute Gasteiger partial charge is 0.504 e. The van der Waals surface area contributed by atoms with Crippen LogP contribution in [0.2, 0.25) is 0 Å². The van der Waals surface area contributed by atoms with Crippen molar-refractivity contribution in [3.63, 3.8) is 0 Å². The van der Waals surface area contributed by atoms with Gasteiger partial charge in [-0.05, 0) is 25.1 Å². The molecule has 8 heteroatoms. The summed E-state index contributed by atoms with van der Waals surface area (Å²) in [6.45, 7) is 3.75. The number of hydrogen-bond donors (Lipinski definition) is 3. The number of piperazine rings is 1. The molecule has 0 saturated carbocycles. The SMILES string of the molecule is CC12CNCCN1c1cc(-c3cccc(F)c3O)nnc1NC2=O. The van der Waals surface area contributed by atoms with Crippen LogP contribution in [0.15, 0.2) is 24.3 Å². The summed E-state index contributed by atoms with van der Waals surface area (Å²) in [4.78, 5) is 14.4. The zero-order valence-electron chi connectivity index (χ0n) is 13.0. The molecule has 1 atom stereocenters. The van der Waals surface area contributed by atoms with E-state index in [2.05, 4.69) is 20.8 Å². The summed E-state index contributed by atoms with van der Waals surface area (Å²) in [5.41, 5.74) is 0.601. The number of para-hydroxylation sites is 1. The van der Waals surface area contributed by atoms with Crippen LogP contribution in [-0.2, 0) is 4.79 Å². The summed E-state index contributed by atoms with van der Waals surface area (Å²) >= 11 is 0. The molecule has 1 saturated heterocycles. The molecule has 1 amide bonds. The first-order valence-corrected chi connectivity index (χ1v) is 7.66. The minimum Gasteiger partial charge on any atom is -0.504 e. The number of aromatic hydroxyl groups is 1. The van der Waals surface area contributed by atoms with Crippen molar-refractivity contribution >= 4 is 17.4 Å². The maximum absolute atomic E-state index is 13.6. The standard InChI is InChI=1S/C16H16FN5O2/c1-16-8-18-5-6-22(16)12-7-11(20-21-14(12)19-15(16)24)9-3-2-4-10(17)13(9)23/h2-4,7,18,23H,5-6,8H2,1H3,(H,19,21,24). The van der Waals surface area contributed by atoms with Crippen molar-refractivity contribution < 1.29 is 14.3 Å². The van der Waals surface area contributed by atoms with Crippen LogP contribution in [0, 0.1) is 5.82 Å². The summed E-state index contributed by atoms with van der Waals surface area (Å²) in [6.07, 6.45) is 0. The minimum absolute atomic E-state index is 0.141. The highest BCUT2D eigenvalue weighted by Gasteiger charge is 2.46. The zero-order valence-corrected chi connectivity index (χ0v) is 13.0.